The van der Waals surface area contributed by atoms with Crippen LogP contribution in [-0.4, -0.2) is 44.1 Å². The SMILES string of the molecule is CCCCCCOCC(CCP(=O)(O)OC)OCCCCCC. The van der Waals surface area contributed by atoms with Crippen LogP contribution in [0.1, 0.15) is 71.6 Å². The smallest absolute Gasteiger partial charge is 0.327 e. The number of ether oxygens (including phenoxy) is 2. The number of hydrogen-bond acceptors (Lipinski definition) is 4. The van der Waals surface area contributed by atoms with Crippen molar-refractivity contribution in [3.63, 3.8) is 0 Å². The van der Waals surface area contributed by atoms with Crippen molar-refractivity contribution in [2.75, 3.05) is 33.1 Å². The van der Waals surface area contributed by atoms with Gasteiger partial charge in [0.1, 0.15) is 0 Å². The monoisotopic (exact) mass is 352 g/mol. The summed E-state index contributed by atoms with van der Waals surface area (Å²) in [5.41, 5.74) is 0. The summed E-state index contributed by atoms with van der Waals surface area (Å²) in [6, 6.07) is 0. The van der Waals surface area contributed by atoms with Crippen LogP contribution in [0.4, 0.5) is 0 Å². The van der Waals surface area contributed by atoms with Crippen LogP contribution in [0, 0.1) is 0 Å². The molecule has 0 heterocycles. The highest BCUT2D eigenvalue weighted by atomic mass is 31.2. The topological polar surface area (TPSA) is 65.0 Å². The summed E-state index contributed by atoms with van der Waals surface area (Å²) in [5.74, 6) is 0. The summed E-state index contributed by atoms with van der Waals surface area (Å²) in [6.45, 7) is 6.28. The lowest BCUT2D eigenvalue weighted by atomic mass is 10.2. The zero-order valence-electron chi connectivity index (χ0n) is 15.3. The van der Waals surface area contributed by atoms with Gasteiger partial charge in [-0.25, -0.2) is 0 Å². The standard InChI is InChI=1S/C17H37O5P/c1-4-6-8-10-13-21-16-17(12-15-23(18,19)20-3)22-14-11-9-7-5-2/h17H,4-16H2,1-3H3,(H,18,19). The van der Waals surface area contributed by atoms with Crippen molar-refractivity contribution in [2.24, 2.45) is 0 Å². The molecule has 0 saturated heterocycles. The summed E-state index contributed by atoms with van der Waals surface area (Å²) >= 11 is 0. The first-order valence-corrected chi connectivity index (χ1v) is 10.9. The van der Waals surface area contributed by atoms with E-state index in [-0.39, 0.29) is 12.3 Å². The third kappa shape index (κ3) is 15.3. The fourth-order valence-electron chi connectivity index (χ4n) is 2.24. The molecule has 2 unspecified atom stereocenters. The van der Waals surface area contributed by atoms with Crippen molar-refractivity contribution in [3.8, 4) is 0 Å². The Morgan fingerprint density at radius 3 is 2.13 bits per heavy atom. The molecule has 23 heavy (non-hydrogen) atoms. The number of rotatable bonds is 17. The fraction of sp³-hybridized carbons (Fsp3) is 1.00. The maximum absolute atomic E-state index is 11.6. The third-order valence-electron chi connectivity index (χ3n) is 3.82. The molecule has 6 heteroatoms. The lowest BCUT2D eigenvalue weighted by Crippen LogP contribution is -2.22. The summed E-state index contributed by atoms with van der Waals surface area (Å²) in [4.78, 5) is 9.52. The van der Waals surface area contributed by atoms with Crippen LogP contribution in [0.25, 0.3) is 0 Å². The average Bonchev–Trinajstić information content (AvgIpc) is 2.54. The Hall–Kier alpha value is 0.0700. The van der Waals surface area contributed by atoms with Crippen molar-refractivity contribution in [1.82, 2.24) is 0 Å². The van der Waals surface area contributed by atoms with Crippen LogP contribution in [-0.2, 0) is 18.6 Å². The molecule has 0 saturated carbocycles. The molecule has 0 aromatic carbocycles. The fourth-order valence-corrected chi connectivity index (χ4v) is 3.03. The first-order chi connectivity index (χ1) is 11.1. The average molecular weight is 352 g/mol. The normalized spacial score (nSPS) is 15.5. The quantitative estimate of drug-likeness (QED) is 0.302. The minimum atomic E-state index is -3.47. The van der Waals surface area contributed by atoms with E-state index in [0.29, 0.717) is 19.6 Å². The highest BCUT2D eigenvalue weighted by Crippen LogP contribution is 2.41. The third-order valence-corrected chi connectivity index (χ3v) is 5.21. The largest absolute Gasteiger partial charge is 0.379 e. The maximum Gasteiger partial charge on any atom is 0.327 e. The molecule has 5 nitrogen and oxygen atoms in total. The predicted octanol–water partition coefficient (Wildman–Crippen LogP) is 4.77. The Bertz CT molecular complexity index is 299. The Morgan fingerprint density at radius 1 is 0.957 bits per heavy atom. The molecule has 0 radical (unpaired) electrons. The van der Waals surface area contributed by atoms with Crippen LogP contribution in [0.5, 0.6) is 0 Å². The van der Waals surface area contributed by atoms with E-state index in [1.165, 1.54) is 39.2 Å². The minimum absolute atomic E-state index is 0.113. The van der Waals surface area contributed by atoms with Gasteiger partial charge in [-0.2, -0.15) is 0 Å². The van der Waals surface area contributed by atoms with Crippen molar-refractivity contribution in [3.05, 3.63) is 0 Å². The van der Waals surface area contributed by atoms with E-state index < -0.39 is 7.60 Å². The Labute approximate surface area is 142 Å². The van der Waals surface area contributed by atoms with Crippen LogP contribution >= 0.6 is 7.60 Å². The van der Waals surface area contributed by atoms with Crippen molar-refractivity contribution in [2.45, 2.75) is 77.7 Å². The van der Waals surface area contributed by atoms with Crippen LogP contribution in [0.3, 0.4) is 0 Å². The van der Waals surface area contributed by atoms with Gasteiger partial charge in [0.2, 0.25) is 0 Å². The highest BCUT2D eigenvalue weighted by molar-refractivity contribution is 7.52. The summed E-state index contributed by atoms with van der Waals surface area (Å²) < 4.78 is 27.7. The van der Waals surface area contributed by atoms with E-state index in [2.05, 4.69) is 18.4 Å². The van der Waals surface area contributed by atoms with Gasteiger partial charge in [-0.15, -0.1) is 0 Å². The molecule has 2 atom stereocenters. The first kappa shape index (κ1) is 23.1. The molecule has 1 N–H and O–H groups in total. The van der Waals surface area contributed by atoms with Gasteiger partial charge < -0.3 is 18.9 Å². The van der Waals surface area contributed by atoms with E-state index in [1.807, 2.05) is 0 Å². The molecule has 0 aromatic heterocycles. The minimum Gasteiger partial charge on any atom is -0.379 e. The van der Waals surface area contributed by atoms with Crippen LogP contribution < -0.4 is 0 Å². The Morgan fingerprint density at radius 2 is 1.57 bits per heavy atom. The molecule has 0 bridgehead atoms. The van der Waals surface area contributed by atoms with E-state index in [9.17, 15) is 9.46 Å². The van der Waals surface area contributed by atoms with Gasteiger partial charge in [0.25, 0.3) is 0 Å². The predicted molar refractivity (Wildman–Crippen MR) is 95.2 cm³/mol. The summed E-state index contributed by atoms with van der Waals surface area (Å²) in [7, 11) is -2.20. The van der Waals surface area contributed by atoms with Crippen molar-refractivity contribution < 1.29 is 23.5 Å². The van der Waals surface area contributed by atoms with Gasteiger partial charge in [0, 0.05) is 20.3 Å². The number of unbranched alkanes of at least 4 members (excludes halogenated alkanes) is 6. The second-order valence-corrected chi connectivity index (χ2v) is 8.11. The highest BCUT2D eigenvalue weighted by Gasteiger charge is 2.20. The van der Waals surface area contributed by atoms with E-state index >= 15 is 0 Å². The molecule has 0 aliphatic heterocycles. The van der Waals surface area contributed by atoms with Gasteiger partial charge in [-0.3, -0.25) is 4.57 Å². The second kappa shape index (κ2) is 15.6. The molecule has 140 valence electrons. The van der Waals surface area contributed by atoms with Gasteiger partial charge >= 0.3 is 7.60 Å². The summed E-state index contributed by atoms with van der Waals surface area (Å²) in [5, 5.41) is 0. The van der Waals surface area contributed by atoms with Crippen molar-refractivity contribution >= 4 is 7.60 Å². The second-order valence-electron chi connectivity index (χ2n) is 6.02. The Balaban J connectivity index is 3.98. The molecular weight excluding hydrogens is 315 g/mol. The van der Waals surface area contributed by atoms with Crippen molar-refractivity contribution in [1.29, 1.82) is 0 Å². The lowest BCUT2D eigenvalue weighted by molar-refractivity contribution is -0.0201. The molecular formula is C17H37O5P. The van der Waals surface area contributed by atoms with Crippen LogP contribution in [0.2, 0.25) is 0 Å². The zero-order chi connectivity index (χ0) is 17.4. The molecule has 0 aromatic rings. The summed E-state index contributed by atoms with van der Waals surface area (Å²) in [6.07, 6.45) is 9.80. The molecule has 0 rings (SSSR count). The zero-order valence-corrected chi connectivity index (χ0v) is 16.2. The van der Waals surface area contributed by atoms with E-state index in [0.717, 1.165) is 25.9 Å². The van der Waals surface area contributed by atoms with Gasteiger partial charge in [-0.05, 0) is 19.3 Å². The molecule has 0 aliphatic rings. The molecule has 0 aliphatic carbocycles. The van der Waals surface area contributed by atoms with Gasteiger partial charge in [0.15, 0.2) is 0 Å². The maximum atomic E-state index is 11.6. The van der Waals surface area contributed by atoms with E-state index in [1.54, 1.807) is 0 Å². The molecule has 0 fully saturated rings. The van der Waals surface area contributed by atoms with Crippen LogP contribution in [0.15, 0.2) is 0 Å². The van der Waals surface area contributed by atoms with E-state index in [4.69, 9.17) is 9.47 Å². The van der Waals surface area contributed by atoms with Gasteiger partial charge in [0.05, 0.1) is 18.9 Å². The lowest BCUT2D eigenvalue weighted by Gasteiger charge is -2.19. The molecule has 0 amide bonds. The first-order valence-electron chi connectivity index (χ1n) is 9.12. The Kier molecular flexibility index (Phi) is 15.6. The van der Waals surface area contributed by atoms with Gasteiger partial charge in [-0.1, -0.05) is 52.4 Å². The molecule has 0 spiro atoms. The number of hydrogen-bond donors (Lipinski definition) is 1.